The molecular formula is C14H15NO. The lowest BCUT2D eigenvalue weighted by molar-refractivity contribution is 0.159. The van der Waals surface area contributed by atoms with Gasteiger partial charge in [0, 0.05) is 0 Å². The normalized spacial score (nSPS) is 11.8. The van der Waals surface area contributed by atoms with E-state index in [2.05, 4.69) is 35.5 Å². The van der Waals surface area contributed by atoms with Gasteiger partial charge in [-0.05, 0) is 36.2 Å². The van der Waals surface area contributed by atoms with E-state index in [9.17, 15) is 0 Å². The maximum absolute atomic E-state index is 5.05. The highest BCUT2D eigenvalue weighted by Crippen LogP contribution is 2.16. The Morgan fingerprint density at radius 1 is 1.12 bits per heavy atom. The van der Waals surface area contributed by atoms with Gasteiger partial charge in [-0.15, -0.1) is 0 Å². The van der Waals surface area contributed by atoms with Crippen molar-refractivity contribution >= 4 is 16.5 Å². The molecule has 0 aliphatic carbocycles. The van der Waals surface area contributed by atoms with Crippen molar-refractivity contribution in [2.75, 3.05) is 6.61 Å². The van der Waals surface area contributed by atoms with Crippen LogP contribution in [0.25, 0.3) is 10.8 Å². The SMILES string of the molecule is CCON=C(C)c1ccc2ccccc2c1. The summed E-state index contributed by atoms with van der Waals surface area (Å²) in [5.74, 6) is 0. The molecule has 0 amide bonds. The fourth-order valence-electron chi connectivity index (χ4n) is 1.63. The topological polar surface area (TPSA) is 21.6 Å². The first kappa shape index (κ1) is 10.7. The van der Waals surface area contributed by atoms with Gasteiger partial charge in [-0.1, -0.05) is 41.6 Å². The summed E-state index contributed by atoms with van der Waals surface area (Å²) in [7, 11) is 0. The molecule has 16 heavy (non-hydrogen) atoms. The van der Waals surface area contributed by atoms with Crippen LogP contribution in [0.1, 0.15) is 19.4 Å². The van der Waals surface area contributed by atoms with Crippen LogP contribution in [0.5, 0.6) is 0 Å². The number of oxime groups is 1. The third kappa shape index (κ3) is 2.22. The van der Waals surface area contributed by atoms with Crippen molar-refractivity contribution in [1.82, 2.24) is 0 Å². The van der Waals surface area contributed by atoms with E-state index in [1.807, 2.05) is 26.0 Å². The summed E-state index contributed by atoms with van der Waals surface area (Å²) < 4.78 is 0. The van der Waals surface area contributed by atoms with Crippen LogP contribution < -0.4 is 0 Å². The van der Waals surface area contributed by atoms with Gasteiger partial charge < -0.3 is 4.84 Å². The van der Waals surface area contributed by atoms with Crippen LogP contribution in [0.2, 0.25) is 0 Å². The van der Waals surface area contributed by atoms with Gasteiger partial charge in [-0.25, -0.2) is 0 Å². The van der Waals surface area contributed by atoms with E-state index in [4.69, 9.17) is 4.84 Å². The lowest BCUT2D eigenvalue weighted by Crippen LogP contribution is -1.96. The summed E-state index contributed by atoms with van der Waals surface area (Å²) in [6, 6.07) is 14.6. The molecule has 0 aliphatic rings. The molecule has 0 heterocycles. The van der Waals surface area contributed by atoms with Crippen LogP contribution in [0.3, 0.4) is 0 Å². The highest BCUT2D eigenvalue weighted by Gasteiger charge is 1.99. The summed E-state index contributed by atoms with van der Waals surface area (Å²) in [5.41, 5.74) is 2.01. The van der Waals surface area contributed by atoms with Crippen LogP contribution in [-0.4, -0.2) is 12.3 Å². The third-order valence-electron chi connectivity index (χ3n) is 2.50. The van der Waals surface area contributed by atoms with Crippen molar-refractivity contribution in [3.8, 4) is 0 Å². The van der Waals surface area contributed by atoms with Crippen LogP contribution >= 0.6 is 0 Å². The Bertz CT molecular complexity index is 517. The standard InChI is InChI=1S/C14H15NO/c1-3-16-15-11(2)13-9-8-12-6-4-5-7-14(12)10-13/h4-10H,3H2,1-2H3. The van der Waals surface area contributed by atoms with Gasteiger partial charge in [0.25, 0.3) is 0 Å². The molecule has 0 aromatic heterocycles. The third-order valence-corrected chi connectivity index (χ3v) is 2.50. The summed E-state index contributed by atoms with van der Waals surface area (Å²) in [6.45, 7) is 4.49. The predicted octanol–water partition coefficient (Wildman–Crippen LogP) is 3.60. The molecule has 0 radical (unpaired) electrons. The average molecular weight is 213 g/mol. The molecule has 2 heteroatoms. The summed E-state index contributed by atoms with van der Waals surface area (Å²) in [6.07, 6.45) is 0. The van der Waals surface area contributed by atoms with Gasteiger partial charge in [0.05, 0.1) is 5.71 Å². The molecule has 0 fully saturated rings. The Hall–Kier alpha value is -1.83. The minimum absolute atomic E-state index is 0.602. The number of fused-ring (bicyclic) bond motifs is 1. The molecule has 0 bridgehead atoms. The highest BCUT2D eigenvalue weighted by atomic mass is 16.6. The highest BCUT2D eigenvalue weighted by molar-refractivity contribution is 6.01. The van der Waals surface area contributed by atoms with E-state index < -0.39 is 0 Å². The van der Waals surface area contributed by atoms with E-state index in [-0.39, 0.29) is 0 Å². The Morgan fingerprint density at radius 3 is 2.62 bits per heavy atom. The summed E-state index contributed by atoms with van der Waals surface area (Å²) in [5, 5.41) is 6.51. The second kappa shape index (κ2) is 4.79. The van der Waals surface area contributed by atoms with E-state index in [1.54, 1.807) is 0 Å². The fourth-order valence-corrected chi connectivity index (χ4v) is 1.63. The zero-order valence-corrected chi connectivity index (χ0v) is 9.60. The first-order valence-corrected chi connectivity index (χ1v) is 5.47. The van der Waals surface area contributed by atoms with Crippen LogP contribution in [0.4, 0.5) is 0 Å². The van der Waals surface area contributed by atoms with Crippen LogP contribution in [0, 0.1) is 0 Å². The summed E-state index contributed by atoms with van der Waals surface area (Å²) in [4.78, 5) is 5.05. The van der Waals surface area contributed by atoms with Crippen molar-refractivity contribution < 1.29 is 4.84 Å². The molecule has 0 atom stereocenters. The zero-order valence-electron chi connectivity index (χ0n) is 9.60. The lowest BCUT2D eigenvalue weighted by Gasteiger charge is -2.03. The molecular weight excluding hydrogens is 198 g/mol. The number of rotatable bonds is 3. The molecule has 2 aromatic carbocycles. The molecule has 0 unspecified atom stereocenters. The van der Waals surface area contributed by atoms with Crippen LogP contribution in [0.15, 0.2) is 47.6 Å². The first-order valence-electron chi connectivity index (χ1n) is 5.47. The van der Waals surface area contributed by atoms with Crippen LogP contribution in [-0.2, 0) is 4.84 Å². The second-order valence-electron chi connectivity index (χ2n) is 3.66. The van der Waals surface area contributed by atoms with Crippen molar-refractivity contribution in [3.05, 3.63) is 48.0 Å². The molecule has 0 spiro atoms. The minimum Gasteiger partial charge on any atom is -0.396 e. The van der Waals surface area contributed by atoms with Crippen molar-refractivity contribution in [3.63, 3.8) is 0 Å². The first-order chi connectivity index (χ1) is 7.81. The van der Waals surface area contributed by atoms with E-state index in [0.29, 0.717) is 6.61 Å². The average Bonchev–Trinajstić information content (AvgIpc) is 2.35. The van der Waals surface area contributed by atoms with Gasteiger partial charge in [-0.2, -0.15) is 0 Å². The maximum atomic E-state index is 5.05. The van der Waals surface area contributed by atoms with Gasteiger partial charge in [0.15, 0.2) is 0 Å². The van der Waals surface area contributed by atoms with Gasteiger partial charge in [-0.3, -0.25) is 0 Å². The van der Waals surface area contributed by atoms with E-state index in [0.717, 1.165) is 11.3 Å². The van der Waals surface area contributed by atoms with Gasteiger partial charge >= 0.3 is 0 Å². The van der Waals surface area contributed by atoms with Crippen molar-refractivity contribution in [1.29, 1.82) is 0 Å². The summed E-state index contributed by atoms with van der Waals surface area (Å²) >= 11 is 0. The lowest BCUT2D eigenvalue weighted by atomic mass is 10.0. The Kier molecular flexibility index (Phi) is 3.20. The molecule has 2 nitrogen and oxygen atoms in total. The fraction of sp³-hybridized carbons (Fsp3) is 0.214. The molecule has 0 saturated heterocycles. The van der Waals surface area contributed by atoms with Crippen molar-refractivity contribution in [2.45, 2.75) is 13.8 Å². The Balaban J connectivity index is 2.39. The smallest absolute Gasteiger partial charge is 0.114 e. The largest absolute Gasteiger partial charge is 0.396 e. The van der Waals surface area contributed by atoms with Gasteiger partial charge in [0.2, 0.25) is 0 Å². The molecule has 2 rings (SSSR count). The van der Waals surface area contributed by atoms with E-state index in [1.165, 1.54) is 10.8 Å². The number of benzene rings is 2. The second-order valence-corrected chi connectivity index (χ2v) is 3.66. The molecule has 0 aliphatic heterocycles. The quantitative estimate of drug-likeness (QED) is 0.564. The molecule has 0 saturated carbocycles. The minimum atomic E-state index is 0.602. The molecule has 2 aromatic rings. The zero-order chi connectivity index (χ0) is 11.4. The predicted molar refractivity (Wildman–Crippen MR) is 67.8 cm³/mol. The van der Waals surface area contributed by atoms with Crippen molar-refractivity contribution in [2.24, 2.45) is 5.16 Å². The van der Waals surface area contributed by atoms with Gasteiger partial charge in [0.1, 0.15) is 6.61 Å². The number of hydrogen-bond donors (Lipinski definition) is 0. The Labute approximate surface area is 95.5 Å². The van der Waals surface area contributed by atoms with E-state index >= 15 is 0 Å². The maximum Gasteiger partial charge on any atom is 0.114 e. The monoisotopic (exact) mass is 213 g/mol. The number of hydrogen-bond acceptors (Lipinski definition) is 2. The molecule has 82 valence electrons. The Morgan fingerprint density at radius 2 is 1.88 bits per heavy atom. The number of nitrogens with zero attached hydrogens (tertiary/aromatic N) is 1. The molecule has 0 N–H and O–H groups in total.